The number of carbonyl (C=O) groups is 1. The minimum atomic E-state index is -4.48. The standard InChI is InChI=1S/C20H11F3N2O2/c1-24-18-10-13(17-11-14(19(26)27)7-8-25-17)5-6-16(18)12-3-2-4-15(9-12)20(21,22)23/h2-11H,(H,26,27). The molecule has 7 heteroatoms. The van der Waals surface area contributed by atoms with Crippen molar-refractivity contribution in [2.45, 2.75) is 6.18 Å². The summed E-state index contributed by atoms with van der Waals surface area (Å²) in [5.41, 5.74) is 0.885. The summed E-state index contributed by atoms with van der Waals surface area (Å²) in [6, 6.07) is 12.1. The Morgan fingerprint density at radius 2 is 1.81 bits per heavy atom. The van der Waals surface area contributed by atoms with Gasteiger partial charge in [-0.3, -0.25) is 4.98 Å². The van der Waals surface area contributed by atoms with Crippen LogP contribution in [0, 0.1) is 6.57 Å². The largest absolute Gasteiger partial charge is 0.478 e. The molecule has 0 saturated heterocycles. The molecule has 134 valence electrons. The van der Waals surface area contributed by atoms with Gasteiger partial charge in [-0.15, -0.1) is 0 Å². The van der Waals surface area contributed by atoms with E-state index in [4.69, 9.17) is 11.7 Å². The van der Waals surface area contributed by atoms with Gasteiger partial charge in [0.25, 0.3) is 0 Å². The van der Waals surface area contributed by atoms with Crippen LogP contribution in [-0.2, 0) is 6.18 Å². The lowest BCUT2D eigenvalue weighted by atomic mass is 9.98. The lowest BCUT2D eigenvalue weighted by Gasteiger charge is -2.11. The highest BCUT2D eigenvalue weighted by molar-refractivity contribution is 5.89. The van der Waals surface area contributed by atoms with Gasteiger partial charge < -0.3 is 5.11 Å². The Morgan fingerprint density at radius 3 is 2.48 bits per heavy atom. The molecule has 0 fully saturated rings. The first kappa shape index (κ1) is 18.1. The Bertz CT molecular complexity index is 1070. The van der Waals surface area contributed by atoms with Gasteiger partial charge in [-0.2, -0.15) is 13.2 Å². The molecule has 0 radical (unpaired) electrons. The quantitative estimate of drug-likeness (QED) is 0.605. The van der Waals surface area contributed by atoms with E-state index >= 15 is 0 Å². The first-order valence-electron chi connectivity index (χ1n) is 7.68. The summed E-state index contributed by atoms with van der Waals surface area (Å²) in [5, 5.41) is 9.07. The van der Waals surface area contributed by atoms with Crippen molar-refractivity contribution in [1.29, 1.82) is 0 Å². The van der Waals surface area contributed by atoms with Gasteiger partial charge in [-0.25, -0.2) is 9.64 Å². The molecule has 1 aromatic heterocycles. The van der Waals surface area contributed by atoms with E-state index in [9.17, 15) is 18.0 Å². The maximum absolute atomic E-state index is 12.9. The average Bonchev–Trinajstić information content (AvgIpc) is 2.67. The fourth-order valence-electron chi connectivity index (χ4n) is 2.61. The third-order valence-electron chi connectivity index (χ3n) is 3.92. The second-order valence-electron chi connectivity index (χ2n) is 5.66. The first-order chi connectivity index (χ1) is 12.8. The highest BCUT2D eigenvalue weighted by Gasteiger charge is 2.30. The average molecular weight is 368 g/mol. The van der Waals surface area contributed by atoms with E-state index in [0.29, 0.717) is 16.8 Å². The number of aromatic carboxylic acids is 1. The number of rotatable bonds is 3. The third kappa shape index (κ3) is 3.80. The number of hydrogen-bond acceptors (Lipinski definition) is 2. The number of nitrogens with zero attached hydrogens (tertiary/aromatic N) is 2. The molecule has 27 heavy (non-hydrogen) atoms. The zero-order chi connectivity index (χ0) is 19.6. The maximum Gasteiger partial charge on any atom is 0.416 e. The van der Waals surface area contributed by atoms with Gasteiger partial charge in [-0.1, -0.05) is 24.3 Å². The fraction of sp³-hybridized carbons (Fsp3) is 0.0500. The number of carboxylic acid groups (broad SMARTS) is 1. The minimum absolute atomic E-state index is 0.0475. The second-order valence-corrected chi connectivity index (χ2v) is 5.66. The topological polar surface area (TPSA) is 54.5 Å². The van der Waals surface area contributed by atoms with Crippen LogP contribution >= 0.6 is 0 Å². The van der Waals surface area contributed by atoms with E-state index in [0.717, 1.165) is 12.1 Å². The molecule has 0 aliphatic heterocycles. The molecular formula is C20H11F3N2O2. The Labute approximate surface area is 152 Å². The second kappa shape index (κ2) is 6.92. The van der Waals surface area contributed by atoms with Crippen LogP contribution in [0.2, 0.25) is 0 Å². The minimum Gasteiger partial charge on any atom is -0.478 e. The summed E-state index contributed by atoms with van der Waals surface area (Å²) in [5.74, 6) is -1.11. The zero-order valence-electron chi connectivity index (χ0n) is 13.7. The van der Waals surface area contributed by atoms with Crippen LogP contribution in [-0.4, -0.2) is 16.1 Å². The Morgan fingerprint density at radius 1 is 1.04 bits per heavy atom. The van der Waals surface area contributed by atoms with Crippen molar-refractivity contribution >= 4 is 11.7 Å². The van der Waals surface area contributed by atoms with Crippen LogP contribution in [0.4, 0.5) is 18.9 Å². The molecule has 0 unspecified atom stereocenters. The Balaban J connectivity index is 2.08. The van der Waals surface area contributed by atoms with Gasteiger partial charge in [0.1, 0.15) is 0 Å². The number of alkyl halides is 3. The van der Waals surface area contributed by atoms with Crippen molar-refractivity contribution in [2.75, 3.05) is 0 Å². The van der Waals surface area contributed by atoms with Crippen molar-refractivity contribution in [3.8, 4) is 22.4 Å². The number of aromatic nitrogens is 1. The molecule has 0 aliphatic rings. The highest BCUT2D eigenvalue weighted by Crippen LogP contribution is 2.37. The van der Waals surface area contributed by atoms with Crippen molar-refractivity contribution in [3.05, 3.63) is 83.3 Å². The van der Waals surface area contributed by atoms with Crippen molar-refractivity contribution in [3.63, 3.8) is 0 Å². The molecule has 3 rings (SSSR count). The Kier molecular flexibility index (Phi) is 4.65. The van der Waals surface area contributed by atoms with Gasteiger partial charge in [0.05, 0.1) is 23.4 Å². The van der Waals surface area contributed by atoms with E-state index in [2.05, 4.69) is 9.83 Å². The van der Waals surface area contributed by atoms with Gasteiger partial charge in [0.15, 0.2) is 5.69 Å². The van der Waals surface area contributed by atoms with Crippen LogP contribution in [0.5, 0.6) is 0 Å². The summed E-state index contributed by atoms with van der Waals surface area (Å²) in [6.07, 6.45) is -3.13. The van der Waals surface area contributed by atoms with Crippen LogP contribution < -0.4 is 0 Å². The monoisotopic (exact) mass is 368 g/mol. The van der Waals surface area contributed by atoms with Crippen molar-refractivity contribution in [1.82, 2.24) is 4.98 Å². The van der Waals surface area contributed by atoms with Gasteiger partial charge in [-0.05, 0) is 47.0 Å². The predicted molar refractivity (Wildman–Crippen MR) is 93.3 cm³/mol. The van der Waals surface area contributed by atoms with Crippen LogP contribution in [0.15, 0.2) is 60.8 Å². The molecule has 1 N–H and O–H groups in total. The lowest BCUT2D eigenvalue weighted by molar-refractivity contribution is -0.137. The van der Waals surface area contributed by atoms with Crippen LogP contribution in [0.3, 0.4) is 0 Å². The molecule has 0 atom stereocenters. The predicted octanol–water partition coefficient (Wildman–Crippen LogP) is 5.68. The summed E-state index contributed by atoms with van der Waals surface area (Å²) in [4.78, 5) is 18.6. The summed E-state index contributed by atoms with van der Waals surface area (Å²) >= 11 is 0. The highest BCUT2D eigenvalue weighted by atomic mass is 19.4. The molecular weight excluding hydrogens is 357 g/mol. The molecule has 0 aliphatic carbocycles. The lowest BCUT2D eigenvalue weighted by Crippen LogP contribution is -2.04. The molecule has 2 aromatic carbocycles. The number of pyridine rings is 1. The SMILES string of the molecule is [C-]#[N+]c1cc(-c2cc(C(=O)O)ccn2)ccc1-c1cccc(C(F)(F)F)c1. The number of benzene rings is 2. The summed E-state index contributed by atoms with van der Waals surface area (Å²) in [7, 11) is 0. The normalized spacial score (nSPS) is 11.0. The van der Waals surface area contributed by atoms with Gasteiger partial charge in [0, 0.05) is 6.20 Å². The molecule has 0 amide bonds. The molecule has 0 spiro atoms. The molecule has 4 nitrogen and oxygen atoms in total. The van der Waals surface area contributed by atoms with E-state index in [-0.39, 0.29) is 16.8 Å². The van der Waals surface area contributed by atoms with Gasteiger partial charge in [0.2, 0.25) is 0 Å². The zero-order valence-corrected chi connectivity index (χ0v) is 13.7. The Hall–Kier alpha value is -3.66. The van der Waals surface area contributed by atoms with E-state index in [1.165, 1.54) is 42.6 Å². The van der Waals surface area contributed by atoms with Crippen LogP contribution in [0.1, 0.15) is 15.9 Å². The molecule has 0 bridgehead atoms. The van der Waals surface area contributed by atoms with Crippen LogP contribution in [0.25, 0.3) is 27.2 Å². The summed E-state index contributed by atoms with van der Waals surface area (Å²) in [6.45, 7) is 7.37. The third-order valence-corrected chi connectivity index (χ3v) is 3.92. The fourth-order valence-corrected chi connectivity index (χ4v) is 2.61. The van der Waals surface area contributed by atoms with Gasteiger partial charge >= 0.3 is 12.1 Å². The number of hydrogen-bond donors (Lipinski definition) is 1. The van der Waals surface area contributed by atoms with Crippen molar-refractivity contribution < 1.29 is 23.1 Å². The molecule has 1 heterocycles. The number of carboxylic acids is 1. The van der Waals surface area contributed by atoms with E-state index < -0.39 is 17.7 Å². The maximum atomic E-state index is 12.9. The smallest absolute Gasteiger partial charge is 0.416 e. The summed E-state index contributed by atoms with van der Waals surface area (Å²) < 4.78 is 38.8. The molecule has 0 saturated carbocycles. The van der Waals surface area contributed by atoms with E-state index in [1.54, 1.807) is 6.07 Å². The van der Waals surface area contributed by atoms with E-state index in [1.807, 2.05) is 0 Å². The number of halogens is 3. The van der Waals surface area contributed by atoms with Crippen molar-refractivity contribution in [2.24, 2.45) is 0 Å². The molecule has 3 aromatic rings. The first-order valence-corrected chi connectivity index (χ1v) is 7.68.